The fraction of sp³-hybridized carbons (Fsp3) is 0.304. The largest absolute Gasteiger partial charge is 0.351 e. The van der Waals surface area contributed by atoms with Crippen LogP contribution in [0.2, 0.25) is 0 Å². The number of nitrogens with zero attached hydrogens (tertiary/aromatic N) is 1. The number of carbonyl (C=O) groups excluding carboxylic acids is 2. The van der Waals surface area contributed by atoms with Crippen molar-refractivity contribution in [1.82, 2.24) is 5.32 Å². The van der Waals surface area contributed by atoms with E-state index in [4.69, 9.17) is 0 Å². The van der Waals surface area contributed by atoms with Crippen LogP contribution in [0.1, 0.15) is 42.2 Å². The normalized spacial score (nSPS) is 15.1. The predicted molar refractivity (Wildman–Crippen MR) is 119 cm³/mol. The second kappa shape index (κ2) is 9.53. The Morgan fingerprint density at radius 3 is 2.63 bits per heavy atom. The van der Waals surface area contributed by atoms with Crippen molar-refractivity contribution in [1.29, 1.82) is 0 Å². The van der Waals surface area contributed by atoms with Crippen LogP contribution in [0.4, 0.5) is 10.1 Å². The lowest BCUT2D eigenvalue weighted by molar-refractivity contribution is -0.127. The van der Waals surface area contributed by atoms with E-state index in [1.165, 1.54) is 39.7 Å². The van der Waals surface area contributed by atoms with Gasteiger partial charge in [-0.05, 0) is 64.9 Å². The highest BCUT2D eigenvalue weighted by molar-refractivity contribution is 7.10. The van der Waals surface area contributed by atoms with Crippen LogP contribution in [-0.2, 0) is 16.0 Å². The molecule has 30 heavy (non-hydrogen) atoms. The molecule has 0 bridgehead atoms. The predicted octanol–water partition coefficient (Wildman–Crippen LogP) is 5.32. The summed E-state index contributed by atoms with van der Waals surface area (Å²) in [5, 5.41) is 8.81. The summed E-state index contributed by atoms with van der Waals surface area (Å²) in [7, 11) is 0. The third kappa shape index (κ3) is 4.79. The minimum absolute atomic E-state index is 0.125. The molecule has 0 saturated heterocycles. The van der Waals surface area contributed by atoms with Crippen LogP contribution in [0.15, 0.2) is 58.6 Å². The molecule has 1 atom stereocenters. The molecular formula is C23H23FN2O2S2. The van der Waals surface area contributed by atoms with Crippen molar-refractivity contribution in [3.05, 3.63) is 74.9 Å². The van der Waals surface area contributed by atoms with Gasteiger partial charge in [0.25, 0.3) is 0 Å². The highest BCUT2D eigenvalue weighted by Gasteiger charge is 2.34. The van der Waals surface area contributed by atoms with Crippen molar-refractivity contribution in [2.45, 2.75) is 44.2 Å². The molecule has 1 aliphatic rings. The van der Waals surface area contributed by atoms with Gasteiger partial charge in [-0.2, -0.15) is 11.3 Å². The molecule has 7 heteroatoms. The van der Waals surface area contributed by atoms with E-state index >= 15 is 0 Å². The molecular weight excluding hydrogens is 419 g/mol. The van der Waals surface area contributed by atoms with Gasteiger partial charge in [-0.3, -0.25) is 14.5 Å². The third-order valence-electron chi connectivity index (χ3n) is 5.33. The maximum atomic E-state index is 14.1. The standard InChI is InChI=1S/C23H23FN2O2S2/c24-17-5-3-8-19(13-17)26(21(27)14-20-9-4-11-30-20)22(16-10-12-29-15-16)23(28)25-18-6-1-2-7-18/h3-5,8-13,15,18,22H,1-2,6-7,14H2,(H,25,28)/t22-/m0/s1. The van der Waals surface area contributed by atoms with Gasteiger partial charge in [0.2, 0.25) is 11.8 Å². The molecule has 1 saturated carbocycles. The average Bonchev–Trinajstić information content (AvgIpc) is 3.49. The fourth-order valence-corrected chi connectivity index (χ4v) is 5.28. The molecule has 2 heterocycles. The minimum atomic E-state index is -0.842. The molecule has 4 rings (SSSR count). The second-order valence-corrected chi connectivity index (χ2v) is 9.26. The summed E-state index contributed by atoms with van der Waals surface area (Å²) in [6.07, 6.45) is 4.25. The summed E-state index contributed by atoms with van der Waals surface area (Å²) in [6.45, 7) is 0. The number of nitrogens with one attached hydrogen (secondary N) is 1. The summed E-state index contributed by atoms with van der Waals surface area (Å²) < 4.78 is 14.1. The van der Waals surface area contributed by atoms with Crippen LogP contribution in [0.25, 0.3) is 0 Å². The third-order valence-corrected chi connectivity index (χ3v) is 6.91. The molecule has 1 aliphatic carbocycles. The van der Waals surface area contributed by atoms with Gasteiger partial charge in [-0.1, -0.05) is 25.0 Å². The second-order valence-electron chi connectivity index (χ2n) is 7.45. The fourth-order valence-electron chi connectivity index (χ4n) is 3.91. The van der Waals surface area contributed by atoms with Crippen molar-refractivity contribution in [3.8, 4) is 0 Å². The molecule has 1 fully saturated rings. The molecule has 2 aromatic heterocycles. The highest BCUT2D eigenvalue weighted by Crippen LogP contribution is 2.31. The number of thiophene rings is 2. The van der Waals surface area contributed by atoms with Gasteiger partial charge in [0.05, 0.1) is 6.42 Å². The Bertz CT molecular complexity index is 983. The Morgan fingerprint density at radius 1 is 1.13 bits per heavy atom. The Hall–Kier alpha value is -2.51. The van der Waals surface area contributed by atoms with Gasteiger partial charge < -0.3 is 5.32 Å². The molecule has 0 radical (unpaired) electrons. The molecule has 3 aromatic rings. The smallest absolute Gasteiger partial charge is 0.248 e. The average molecular weight is 443 g/mol. The van der Waals surface area contributed by atoms with Crippen molar-refractivity contribution in [3.63, 3.8) is 0 Å². The van der Waals surface area contributed by atoms with Crippen LogP contribution in [0.3, 0.4) is 0 Å². The minimum Gasteiger partial charge on any atom is -0.351 e. The zero-order valence-electron chi connectivity index (χ0n) is 16.4. The van der Waals surface area contributed by atoms with E-state index in [0.29, 0.717) is 5.69 Å². The Kier molecular flexibility index (Phi) is 6.59. The molecule has 156 valence electrons. The lowest BCUT2D eigenvalue weighted by atomic mass is 10.0. The van der Waals surface area contributed by atoms with E-state index in [1.54, 1.807) is 12.1 Å². The van der Waals surface area contributed by atoms with E-state index in [9.17, 15) is 14.0 Å². The molecule has 1 N–H and O–H groups in total. The van der Waals surface area contributed by atoms with Crippen LogP contribution in [0, 0.1) is 5.82 Å². The first-order chi connectivity index (χ1) is 14.6. The van der Waals surface area contributed by atoms with Gasteiger partial charge in [0.1, 0.15) is 11.9 Å². The number of anilines is 1. The summed E-state index contributed by atoms with van der Waals surface area (Å²) in [6, 6.07) is 10.8. The number of halogens is 1. The van der Waals surface area contributed by atoms with Crippen LogP contribution >= 0.6 is 22.7 Å². The van der Waals surface area contributed by atoms with Gasteiger partial charge >= 0.3 is 0 Å². The first-order valence-corrected chi connectivity index (χ1v) is 11.9. The van der Waals surface area contributed by atoms with Gasteiger partial charge in [-0.25, -0.2) is 4.39 Å². The Balaban J connectivity index is 1.71. The highest BCUT2D eigenvalue weighted by atomic mass is 32.1. The van der Waals surface area contributed by atoms with Crippen molar-refractivity contribution < 1.29 is 14.0 Å². The Labute approximate surface area is 183 Å². The van der Waals surface area contributed by atoms with E-state index in [1.807, 2.05) is 34.3 Å². The van der Waals surface area contributed by atoms with Crippen molar-refractivity contribution in [2.75, 3.05) is 4.90 Å². The maximum Gasteiger partial charge on any atom is 0.248 e. The topological polar surface area (TPSA) is 49.4 Å². The molecule has 4 nitrogen and oxygen atoms in total. The van der Waals surface area contributed by atoms with E-state index in [2.05, 4.69) is 5.32 Å². The first-order valence-electron chi connectivity index (χ1n) is 10.0. The summed E-state index contributed by atoms with van der Waals surface area (Å²) in [5.74, 6) is -0.897. The molecule has 0 aliphatic heterocycles. The zero-order valence-corrected chi connectivity index (χ0v) is 18.1. The first kappa shape index (κ1) is 20.8. The van der Waals surface area contributed by atoms with E-state index < -0.39 is 11.9 Å². The number of carbonyl (C=O) groups is 2. The number of hydrogen-bond donors (Lipinski definition) is 1. The van der Waals surface area contributed by atoms with Crippen molar-refractivity contribution >= 4 is 40.2 Å². The summed E-state index contributed by atoms with van der Waals surface area (Å²) in [5.41, 5.74) is 1.12. The quantitative estimate of drug-likeness (QED) is 0.538. The molecule has 0 spiro atoms. The van der Waals surface area contributed by atoms with Crippen LogP contribution in [-0.4, -0.2) is 17.9 Å². The SMILES string of the molecule is O=C(NC1CCCC1)[C@H](c1ccsc1)N(C(=O)Cc1cccs1)c1cccc(F)c1. The number of rotatable bonds is 7. The number of benzene rings is 1. The lowest BCUT2D eigenvalue weighted by Gasteiger charge is -2.32. The van der Waals surface area contributed by atoms with Gasteiger partial charge in [-0.15, -0.1) is 11.3 Å². The number of amides is 2. The number of hydrogen-bond acceptors (Lipinski definition) is 4. The molecule has 0 unspecified atom stereocenters. The monoisotopic (exact) mass is 442 g/mol. The van der Waals surface area contributed by atoms with Crippen LogP contribution < -0.4 is 10.2 Å². The Morgan fingerprint density at radius 2 is 1.97 bits per heavy atom. The summed E-state index contributed by atoms with van der Waals surface area (Å²) in [4.78, 5) is 29.2. The van der Waals surface area contributed by atoms with Gasteiger partial charge in [0.15, 0.2) is 0 Å². The lowest BCUT2D eigenvalue weighted by Crippen LogP contribution is -2.46. The molecule has 1 aromatic carbocycles. The maximum absolute atomic E-state index is 14.1. The zero-order chi connectivity index (χ0) is 20.9. The van der Waals surface area contributed by atoms with Crippen LogP contribution in [0.5, 0.6) is 0 Å². The van der Waals surface area contributed by atoms with E-state index in [-0.39, 0.29) is 24.3 Å². The summed E-state index contributed by atoms with van der Waals surface area (Å²) >= 11 is 2.96. The van der Waals surface area contributed by atoms with E-state index in [0.717, 1.165) is 36.1 Å². The molecule has 2 amide bonds. The van der Waals surface area contributed by atoms with Crippen molar-refractivity contribution in [2.24, 2.45) is 0 Å². The van der Waals surface area contributed by atoms with Gasteiger partial charge in [0, 0.05) is 16.6 Å².